The second-order valence-corrected chi connectivity index (χ2v) is 6.17. The van der Waals surface area contributed by atoms with Crippen LogP contribution in [0, 0.1) is 12.8 Å². The Morgan fingerprint density at radius 1 is 1.40 bits per heavy atom. The summed E-state index contributed by atoms with van der Waals surface area (Å²) in [6.07, 6.45) is 2.26. The van der Waals surface area contributed by atoms with Gasteiger partial charge in [0.1, 0.15) is 5.56 Å². The minimum Gasteiger partial charge on any atom is -0.344 e. The summed E-state index contributed by atoms with van der Waals surface area (Å²) in [4.78, 5) is 27.9. The summed E-state index contributed by atoms with van der Waals surface area (Å²) < 4.78 is 0. The zero-order valence-electron chi connectivity index (χ0n) is 11.2. The molecule has 1 amide bonds. The number of H-pyrrole nitrogens is 1. The largest absolute Gasteiger partial charge is 0.344 e. The molecule has 3 rings (SSSR count). The second kappa shape index (κ2) is 5.25. The molecule has 1 saturated carbocycles. The molecule has 0 spiro atoms. The van der Waals surface area contributed by atoms with Crippen LogP contribution in [0.4, 0.5) is 0 Å². The first kappa shape index (κ1) is 13.1. The van der Waals surface area contributed by atoms with E-state index >= 15 is 0 Å². The Bertz CT molecular complexity index is 671. The van der Waals surface area contributed by atoms with Gasteiger partial charge in [-0.1, -0.05) is 6.07 Å². The van der Waals surface area contributed by atoms with Crippen molar-refractivity contribution in [3.63, 3.8) is 0 Å². The molecule has 2 aromatic rings. The van der Waals surface area contributed by atoms with E-state index in [2.05, 4.69) is 10.3 Å². The SMILES string of the molecule is Cc1ccc(C(=O)NC(c2cccs2)C2CC2)c(=O)[nH]1. The topological polar surface area (TPSA) is 62.0 Å². The molecule has 4 nitrogen and oxygen atoms in total. The quantitative estimate of drug-likeness (QED) is 0.908. The molecule has 2 N–H and O–H groups in total. The fourth-order valence-electron chi connectivity index (χ4n) is 2.29. The van der Waals surface area contributed by atoms with Crippen molar-refractivity contribution in [2.24, 2.45) is 5.92 Å². The number of nitrogens with one attached hydrogen (secondary N) is 2. The predicted molar refractivity (Wildman–Crippen MR) is 79.0 cm³/mol. The lowest BCUT2D eigenvalue weighted by Gasteiger charge is -2.16. The van der Waals surface area contributed by atoms with Crippen molar-refractivity contribution in [3.8, 4) is 0 Å². The van der Waals surface area contributed by atoms with Crippen LogP contribution in [0.2, 0.25) is 0 Å². The van der Waals surface area contributed by atoms with Crippen LogP contribution in [0.3, 0.4) is 0 Å². The molecule has 2 aromatic heterocycles. The highest BCUT2D eigenvalue weighted by molar-refractivity contribution is 7.10. The molecule has 0 radical (unpaired) electrons. The molecule has 1 unspecified atom stereocenters. The Morgan fingerprint density at radius 3 is 2.80 bits per heavy atom. The molecule has 0 bridgehead atoms. The number of amides is 1. The van der Waals surface area contributed by atoms with Crippen molar-refractivity contribution in [3.05, 3.63) is 56.1 Å². The highest BCUT2D eigenvalue weighted by Crippen LogP contribution is 2.42. The van der Waals surface area contributed by atoms with Crippen molar-refractivity contribution in [1.29, 1.82) is 0 Å². The van der Waals surface area contributed by atoms with Gasteiger partial charge in [0.25, 0.3) is 11.5 Å². The summed E-state index contributed by atoms with van der Waals surface area (Å²) in [5, 5.41) is 5.02. The Morgan fingerprint density at radius 2 is 2.20 bits per heavy atom. The summed E-state index contributed by atoms with van der Waals surface area (Å²) in [5.41, 5.74) is 0.601. The van der Waals surface area contributed by atoms with Gasteiger partial charge in [0.2, 0.25) is 0 Å². The van der Waals surface area contributed by atoms with Gasteiger partial charge in [-0.3, -0.25) is 9.59 Å². The van der Waals surface area contributed by atoms with Gasteiger partial charge in [-0.15, -0.1) is 11.3 Å². The Balaban J connectivity index is 1.82. The van der Waals surface area contributed by atoms with Crippen LogP contribution in [0.15, 0.2) is 34.4 Å². The number of pyridine rings is 1. The molecule has 104 valence electrons. The first-order valence-corrected chi connectivity index (χ1v) is 7.57. The van der Waals surface area contributed by atoms with E-state index in [0.29, 0.717) is 5.92 Å². The van der Waals surface area contributed by atoms with Crippen molar-refractivity contribution in [2.75, 3.05) is 0 Å². The van der Waals surface area contributed by atoms with E-state index < -0.39 is 0 Å². The van der Waals surface area contributed by atoms with E-state index in [4.69, 9.17) is 0 Å². The molecule has 0 aromatic carbocycles. The van der Waals surface area contributed by atoms with Gasteiger partial charge in [0, 0.05) is 10.6 Å². The normalized spacial score (nSPS) is 15.8. The van der Waals surface area contributed by atoms with Crippen LogP contribution in [-0.4, -0.2) is 10.9 Å². The number of carbonyl (C=O) groups excluding carboxylic acids is 1. The fourth-order valence-corrected chi connectivity index (χ4v) is 3.16. The third-order valence-electron chi connectivity index (χ3n) is 3.53. The molecule has 1 atom stereocenters. The number of thiophene rings is 1. The van der Waals surface area contributed by atoms with E-state index in [1.165, 1.54) is 0 Å². The van der Waals surface area contributed by atoms with Crippen LogP contribution in [0.25, 0.3) is 0 Å². The molecular weight excluding hydrogens is 272 g/mol. The molecule has 5 heteroatoms. The third kappa shape index (κ3) is 2.67. The van der Waals surface area contributed by atoms with Gasteiger partial charge in [0.05, 0.1) is 6.04 Å². The van der Waals surface area contributed by atoms with Crippen LogP contribution in [0.5, 0.6) is 0 Å². The first-order valence-electron chi connectivity index (χ1n) is 6.69. The van der Waals surface area contributed by atoms with Crippen LogP contribution in [0.1, 0.15) is 39.8 Å². The molecule has 0 saturated heterocycles. The van der Waals surface area contributed by atoms with E-state index in [1.54, 1.807) is 30.4 Å². The average Bonchev–Trinajstić information content (AvgIpc) is 3.10. The van der Waals surface area contributed by atoms with Gasteiger partial charge in [0.15, 0.2) is 0 Å². The molecule has 20 heavy (non-hydrogen) atoms. The van der Waals surface area contributed by atoms with Crippen molar-refractivity contribution < 1.29 is 4.79 Å². The number of aryl methyl sites for hydroxylation is 1. The van der Waals surface area contributed by atoms with E-state index in [9.17, 15) is 9.59 Å². The molecule has 1 fully saturated rings. The summed E-state index contributed by atoms with van der Waals surface area (Å²) in [5.74, 6) is 0.207. The average molecular weight is 288 g/mol. The highest BCUT2D eigenvalue weighted by Gasteiger charge is 2.34. The molecule has 2 heterocycles. The lowest BCUT2D eigenvalue weighted by Crippen LogP contribution is -2.33. The van der Waals surface area contributed by atoms with Crippen molar-refractivity contribution in [1.82, 2.24) is 10.3 Å². The van der Waals surface area contributed by atoms with Crippen molar-refractivity contribution >= 4 is 17.2 Å². The third-order valence-corrected chi connectivity index (χ3v) is 4.49. The van der Waals surface area contributed by atoms with Gasteiger partial charge in [-0.2, -0.15) is 0 Å². The smallest absolute Gasteiger partial charge is 0.260 e. The maximum Gasteiger partial charge on any atom is 0.260 e. The zero-order chi connectivity index (χ0) is 14.1. The summed E-state index contributed by atoms with van der Waals surface area (Å²) in [6.45, 7) is 1.79. The fraction of sp³-hybridized carbons (Fsp3) is 0.333. The number of hydrogen-bond donors (Lipinski definition) is 2. The van der Waals surface area contributed by atoms with E-state index in [-0.39, 0.29) is 23.1 Å². The Labute approximate surface area is 120 Å². The maximum absolute atomic E-state index is 12.3. The van der Waals surface area contributed by atoms with Gasteiger partial charge >= 0.3 is 0 Å². The monoisotopic (exact) mass is 288 g/mol. The maximum atomic E-state index is 12.3. The summed E-state index contributed by atoms with van der Waals surface area (Å²) >= 11 is 1.64. The molecule has 1 aliphatic rings. The Hall–Kier alpha value is -1.88. The summed E-state index contributed by atoms with van der Waals surface area (Å²) in [6, 6.07) is 7.38. The first-order chi connectivity index (χ1) is 9.65. The predicted octanol–water partition coefficient (Wildman–Crippen LogP) is 2.63. The number of rotatable bonds is 4. The van der Waals surface area contributed by atoms with E-state index in [0.717, 1.165) is 23.4 Å². The second-order valence-electron chi connectivity index (χ2n) is 5.19. The highest BCUT2D eigenvalue weighted by atomic mass is 32.1. The number of hydrogen-bond acceptors (Lipinski definition) is 3. The molecular formula is C15H16N2O2S. The summed E-state index contributed by atoms with van der Waals surface area (Å²) in [7, 11) is 0. The van der Waals surface area contributed by atoms with Crippen molar-refractivity contribution in [2.45, 2.75) is 25.8 Å². The lowest BCUT2D eigenvalue weighted by atomic mass is 10.1. The number of aromatic nitrogens is 1. The Kier molecular flexibility index (Phi) is 3.44. The van der Waals surface area contributed by atoms with Crippen LogP contribution >= 0.6 is 11.3 Å². The zero-order valence-corrected chi connectivity index (χ0v) is 12.0. The van der Waals surface area contributed by atoms with Gasteiger partial charge < -0.3 is 10.3 Å². The van der Waals surface area contributed by atoms with Gasteiger partial charge in [-0.05, 0) is 49.3 Å². The standard InChI is InChI=1S/C15H16N2O2S/c1-9-4-7-11(14(18)16-9)15(19)17-13(10-5-6-10)12-3-2-8-20-12/h2-4,7-8,10,13H,5-6H2,1H3,(H,16,18)(H,17,19). The minimum atomic E-state index is -0.330. The van der Waals surface area contributed by atoms with Crippen LogP contribution in [-0.2, 0) is 0 Å². The number of carbonyl (C=O) groups is 1. The van der Waals surface area contributed by atoms with Crippen LogP contribution < -0.4 is 10.9 Å². The van der Waals surface area contributed by atoms with E-state index in [1.807, 2.05) is 17.5 Å². The minimum absolute atomic E-state index is 0.0307. The molecule has 0 aliphatic heterocycles. The lowest BCUT2D eigenvalue weighted by molar-refractivity contribution is 0.0931. The van der Waals surface area contributed by atoms with Gasteiger partial charge in [-0.25, -0.2) is 0 Å². The number of aromatic amines is 1. The molecule has 1 aliphatic carbocycles.